The summed E-state index contributed by atoms with van der Waals surface area (Å²) in [4.78, 5) is 3.92. The van der Waals surface area contributed by atoms with Crippen LogP contribution >= 0.6 is 23.2 Å². The van der Waals surface area contributed by atoms with Gasteiger partial charge in [0, 0.05) is 22.6 Å². The standard InChI is InChI=1S/C17H11Cl2FN2O2/c18-14-3-1-2-9(15(14)19)8-24-17-12-6-10(20)4-5-11(12)13(7-21)16(23)22-17/h1-7,21H,8H2,(H,22,23). The molecule has 1 aromatic heterocycles. The summed E-state index contributed by atoms with van der Waals surface area (Å²) >= 11 is 12.1. The van der Waals surface area contributed by atoms with Crippen LogP contribution in [-0.2, 0) is 6.61 Å². The van der Waals surface area contributed by atoms with E-state index in [0.717, 1.165) is 6.21 Å². The highest BCUT2D eigenvalue weighted by Crippen LogP contribution is 2.33. The molecule has 0 aliphatic rings. The fourth-order valence-corrected chi connectivity index (χ4v) is 2.70. The number of rotatable bonds is 4. The smallest absolute Gasteiger partial charge is 0.225 e. The normalized spacial score (nSPS) is 10.8. The maximum atomic E-state index is 13.6. The summed E-state index contributed by atoms with van der Waals surface area (Å²) in [7, 11) is 0. The largest absolute Gasteiger partial charge is 0.493 e. The van der Waals surface area contributed by atoms with E-state index in [9.17, 15) is 9.50 Å². The molecular formula is C17H11Cl2FN2O2. The van der Waals surface area contributed by atoms with Crippen molar-refractivity contribution in [3.05, 3.63) is 63.4 Å². The Morgan fingerprint density at radius 2 is 2.00 bits per heavy atom. The van der Waals surface area contributed by atoms with Crippen molar-refractivity contribution >= 4 is 40.2 Å². The lowest BCUT2D eigenvalue weighted by Gasteiger charge is -2.12. The van der Waals surface area contributed by atoms with Gasteiger partial charge in [-0.25, -0.2) is 4.39 Å². The molecule has 0 aliphatic carbocycles. The molecule has 3 rings (SSSR count). The fraction of sp³-hybridized carbons (Fsp3) is 0.0588. The van der Waals surface area contributed by atoms with E-state index in [1.807, 2.05) is 0 Å². The molecule has 0 saturated carbocycles. The minimum absolute atomic E-state index is 0.0430. The van der Waals surface area contributed by atoms with E-state index >= 15 is 0 Å². The van der Waals surface area contributed by atoms with Crippen LogP contribution in [0.3, 0.4) is 0 Å². The maximum absolute atomic E-state index is 13.6. The molecule has 0 spiro atoms. The summed E-state index contributed by atoms with van der Waals surface area (Å²) in [6.45, 7) is 0.0430. The van der Waals surface area contributed by atoms with Gasteiger partial charge < -0.3 is 15.3 Å². The average molecular weight is 365 g/mol. The van der Waals surface area contributed by atoms with Crippen molar-refractivity contribution in [1.82, 2.24) is 4.98 Å². The quantitative estimate of drug-likeness (QED) is 0.642. The van der Waals surface area contributed by atoms with Crippen LogP contribution in [0.2, 0.25) is 10.0 Å². The highest BCUT2D eigenvalue weighted by atomic mass is 35.5. The topological polar surface area (TPSA) is 66.2 Å². The number of hydrogen-bond donors (Lipinski definition) is 2. The fourth-order valence-electron chi connectivity index (χ4n) is 2.32. The number of nitrogens with zero attached hydrogens (tertiary/aromatic N) is 1. The van der Waals surface area contributed by atoms with Crippen molar-refractivity contribution < 1.29 is 14.2 Å². The van der Waals surface area contributed by atoms with Gasteiger partial charge in [-0.05, 0) is 18.2 Å². The summed E-state index contributed by atoms with van der Waals surface area (Å²) in [6, 6.07) is 9.07. The molecule has 122 valence electrons. The van der Waals surface area contributed by atoms with Crippen molar-refractivity contribution in [3.8, 4) is 11.8 Å². The molecule has 0 amide bonds. The van der Waals surface area contributed by atoms with E-state index in [1.54, 1.807) is 18.2 Å². The van der Waals surface area contributed by atoms with Gasteiger partial charge in [0.05, 0.1) is 15.6 Å². The molecule has 0 unspecified atom stereocenters. The van der Waals surface area contributed by atoms with Gasteiger partial charge in [-0.15, -0.1) is 0 Å². The van der Waals surface area contributed by atoms with Gasteiger partial charge in [-0.1, -0.05) is 41.4 Å². The van der Waals surface area contributed by atoms with Crippen molar-refractivity contribution in [3.63, 3.8) is 0 Å². The van der Waals surface area contributed by atoms with E-state index in [0.29, 0.717) is 26.4 Å². The average Bonchev–Trinajstić information content (AvgIpc) is 2.56. The minimum atomic E-state index is -0.475. The Morgan fingerprint density at radius 3 is 2.75 bits per heavy atom. The lowest BCUT2D eigenvalue weighted by Crippen LogP contribution is -2.01. The monoisotopic (exact) mass is 364 g/mol. The van der Waals surface area contributed by atoms with Gasteiger partial charge in [0.15, 0.2) is 0 Å². The molecule has 24 heavy (non-hydrogen) atoms. The maximum Gasteiger partial charge on any atom is 0.225 e. The van der Waals surface area contributed by atoms with Crippen molar-refractivity contribution in [1.29, 1.82) is 5.41 Å². The van der Waals surface area contributed by atoms with Gasteiger partial charge in [-0.3, -0.25) is 0 Å². The second kappa shape index (κ2) is 6.63. The molecule has 7 heteroatoms. The second-order valence-corrected chi connectivity index (χ2v) is 5.78. The van der Waals surface area contributed by atoms with Crippen LogP contribution in [0.25, 0.3) is 10.8 Å². The Balaban J connectivity index is 2.04. The predicted octanol–water partition coefficient (Wildman–Crippen LogP) is 4.96. The molecule has 2 N–H and O–H groups in total. The Kier molecular flexibility index (Phi) is 4.55. The SMILES string of the molecule is N=Cc1c(O)nc(OCc2cccc(Cl)c2Cl)c2cc(F)ccc12. The van der Waals surface area contributed by atoms with Crippen molar-refractivity contribution in [2.45, 2.75) is 6.61 Å². The van der Waals surface area contributed by atoms with Crippen molar-refractivity contribution in [2.75, 3.05) is 0 Å². The summed E-state index contributed by atoms with van der Waals surface area (Å²) < 4.78 is 19.2. The van der Waals surface area contributed by atoms with Gasteiger partial charge in [-0.2, -0.15) is 4.98 Å². The van der Waals surface area contributed by atoms with E-state index in [1.165, 1.54) is 18.2 Å². The molecular weight excluding hydrogens is 354 g/mol. The highest BCUT2D eigenvalue weighted by molar-refractivity contribution is 6.42. The number of pyridine rings is 1. The zero-order valence-electron chi connectivity index (χ0n) is 12.2. The zero-order valence-corrected chi connectivity index (χ0v) is 13.7. The number of fused-ring (bicyclic) bond motifs is 1. The van der Waals surface area contributed by atoms with Crippen LogP contribution < -0.4 is 4.74 Å². The lowest BCUT2D eigenvalue weighted by atomic mass is 10.1. The number of aromatic hydroxyl groups is 1. The first-order valence-corrected chi connectivity index (χ1v) is 7.65. The van der Waals surface area contributed by atoms with Gasteiger partial charge in [0.2, 0.25) is 11.8 Å². The Morgan fingerprint density at radius 1 is 1.21 bits per heavy atom. The van der Waals surface area contributed by atoms with Crippen molar-refractivity contribution in [2.24, 2.45) is 0 Å². The van der Waals surface area contributed by atoms with E-state index < -0.39 is 5.82 Å². The molecule has 3 aromatic rings. The summed E-state index contributed by atoms with van der Waals surface area (Å²) in [6.07, 6.45) is 0.959. The van der Waals surface area contributed by atoms with Gasteiger partial charge in [0.25, 0.3) is 0 Å². The van der Waals surface area contributed by atoms with Crippen LogP contribution in [0.4, 0.5) is 4.39 Å². The third-order valence-corrected chi connectivity index (χ3v) is 4.35. The van der Waals surface area contributed by atoms with Crippen LogP contribution in [0, 0.1) is 11.2 Å². The van der Waals surface area contributed by atoms with Crippen LogP contribution in [0.5, 0.6) is 11.8 Å². The van der Waals surface area contributed by atoms with Crippen LogP contribution in [0.1, 0.15) is 11.1 Å². The third kappa shape index (κ3) is 3.00. The first kappa shape index (κ1) is 16.5. The minimum Gasteiger partial charge on any atom is -0.493 e. The van der Waals surface area contributed by atoms with Crippen LogP contribution in [0.15, 0.2) is 36.4 Å². The summed E-state index contributed by atoms with van der Waals surface area (Å²) in [5.41, 5.74) is 0.823. The Bertz CT molecular complexity index is 948. The number of benzene rings is 2. The highest BCUT2D eigenvalue weighted by Gasteiger charge is 2.15. The lowest BCUT2D eigenvalue weighted by molar-refractivity contribution is 0.293. The third-order valence-electron chi connectivity index (χ3n) is 3.49. The van der Waals surface area contributed by atoms with E-state index in [4.69, 9.17) is 33.3 Å². The van der Waals surface area contributed by atoms with Gasteiger partial charge >= 0.3 is 0 Å². The number of nitrogens with one attached hydrogen (secondary N) is 1. The molecule has 0 aliphatic heterocycles. The van der Waals surface area contributed by atoms with Gasteiger partial charge in [0.1, 0.15) is 12.4 Å². The van der Waals surface area contributed by atoms with E-state index in [2.05, 4.69) is 4.98 Å². The summed E-state index contributed by atoms with van der Waals surface area (Å²) in [5.74, 6) is -0.795. The molecule has 0 radical (unpaired) electrons. The predicted molar refractivity (Wildman–Crippen MR) is 92.0 cm³/mol. The molecule has 0 saturated heterocycles. The number of halogens is 3. The number of aromatic nitrogens is 1. The molecule has 2 aromatic carbocycles. The summed E-state index contributed by atoms with van der Waals surface area (Å²) in [5, 5.41) is 18.9. The second-order valence-electron chi connectivity index (χ2n) is 4.99. The zero-order chi connectivity index (χ0) is 17.3. The van der Waals surface area contributed by atoms with Crippen LogP contribution in [-0.4, -0.2) is 16.3 Å². The van der Waals surface area contributed by atoms with E-state index in [-0.39, 0.29) is 23.9 Å². The molecule has 4 nitrogen and oxygen atoms in total. The number of hydrogen-bond acceptors (Lipinski definition) is 4. The molecule has 1 heterocycles. The molecule has 0 fully saturated rings. The first-order valence-electron chi connectivity index (χ1n) is 6.89. The molecule has 0 atom stereocenters. The number of ether oxygens (including phenoxy) is 1. The Labute approximate surface area is 146 Å². The Hall–Kier alpha value is -2.37. The first-order chi connectivity index (χ1) is 11.5. The molecule has 0 bridgehead atoms.